The van der Waals surface area contributed by atoms with Crippen molar-refractivity contribution in [2.75, 3.05) is 11.9 Å². The van der Waals surface area contributed by atoms with E-state index in [1.165, 1.54) is 0 Å². The molecular weight excluding hydrogens is 220 g/mol. The van der Waals surface area contributed by atoms with E-state index in [0.29, 0.717) is 5.33 Å². The lowest BCUT2D eigenvalue weighted by Crippen LogP contribution is -2.17. The third-order valence-corrected chi connectivity index (χ3v) is 2.88. The highest BCUT2D eigenvalue weighted by Crippen LogP contribution is 2.02. The molecule has 0 aromatic rings. The molecule has 0 radical (unpaired) electrons. The van der Waals surface area contributed by atoms with Gasteiger partial charge in [-0.05, 0) is 13.8 Å². The summed E-state index contributed by atoms with van der Waals surface area (Å²) < 4.78 is 26.3. The summed E-state index contributed by atoms with van der Waals surface area (Å²) >= 11 is 3.06. The van der Waals surface area contributed by atoms with Crippen LogP contribution in [0, 0.1) is 0 Å². The van der Waals surface area contributed by atoms with E-state index in [1.54, 1.807) is 13.8 Å². The summed E-state index contributed by atoms with van der Waals surface area (Å²) in [7, 11) is -3.29. The van der Waals surface area contributed by atoms with Crippen LogP contribution in [0.5, 0.6) is 0 Å². The Kier molecular flexibility index (Phi) is 4.47. The Labute approximate surface area is 70.0 Å². The first-order valence-electron chi connectivity index (χ1n) is 2.95. The minimum atomic E-state index is -3.29. The summed E-state index contributed by atoms with van der Waals surface area (Å²) in [6, 6.07) is 0. The second kappa shape index (κ2) is 4.31. The maximum atomic E-state index is 10.8. The van der Waals surface area contributed by atoms with Crippen molar-refractivity contribution in [2.24, 2.45) is 0 Å². The Morgan fingerprint density at radius 1 is 1.50 bits per heavy atom. The van der Waals surface area contributed by atoms with Gasteiger partial charge in [-0.1, -0.05) is 15.9 Å². The normalized spacial score (nSPS) is 12.4. The first-order valence-corrected chi connectivity index (χ1v) is 5.54. The first-order chi connectivity index (χ1) is 4.50. The summed E-state index contributed by atoms with van der Waals surface area (Å²) in [6.07, 6.45) is 0. The molecule has 0 amide bonds. The van der Waals surface area contributed by atoms with E-state index in [0.717, 1.165) is 0 Å². The molecular formula is C5H11BrO3S. The molecule has 0 N–H and O–H groups in total. The molecule has 0 saturated carbocycles. The van der Waals surface area contributed by atoms with Crippen LogP contribution >= 0.6 is 15.9 Å². The molecule has 0 aromatic carbocycles. The molecule has 0 spiro atoms. The van der Waals surface area contributed by atoms with Crippen LogP contribution in [-0.4, -0.2) is 25.6 Å². The van der Waals surface area contributed by atoms with Gasteiger partial charge in [0, 0.05) is 5.33 Å². The predicted octanol–water partition coefficient (Wildman–Crippen LogP) is 1.14. The highest BCUT2D eigenvalue weighted by molar-refractivity contribution is 9.09. The van der Waals surface area contributed by atoms with E-state index in [1.807, 2.05) is 0 Å². The van der Waals surface area contributed by atoms with Crippen molar-refractivity contribution < 1.29 is 12.6 Å². The van der Waals surface area contributed by atoms with Crippen molar-refractivity contribution in [1.29, 1.82) is 0 Å². The lowest BCUT2D eigenvalue weighted by Gasteiger charge is -2.05. The van der Waals surface area contributed by atoms with Crippen LogP contribution in [0.15, 0.2) is 0 Å². The van der Waals surface area contributed by atoms with E-state index >= 15 is 0 Å². The Bertz CT molecular complexity index is 173. The molecule has 0 saturated heterocycles. The van der Waals surface area contributed by atoms with Gasteiger partial charge in [-0.15, -0.1) is 0 Å². The predicted molar refractivity (Wildman–Crippen MR) is 43.8 cm³/mol. The highest BCUT2D eigenvalue weighted by atomic mass is 79.9. The number of hydrogen-bond acceptors (Lipinski definition) is 3. The largest absolute Gasteiger partial charge is 0.269 e. The third-order valence-electron chi connectivity index (χ3n) is 0.902. The van der Waals surface area contributed by atoms with Gasteiger partial charge in [-0.25, -0.2) is 0 Å². The topological polar surface area (TPSA) is 43.4 Å². The second-order valence-corrected chi connectivity index (χ2v) is 5.01. The van der Waals surface area contributed by atoms with Gasteiger partial charge in [0.2, 0.25) is 0 Å². The van der Waals surface area contributed by atoms with Crippen molar-refractivity contribution >= 4 is 26.0 Å². The van der Waals surface area contributed by atoms with Crippen LogP contribution in [0.4, 0.5) is 0 Å². The molecule has 0 aliphatic rings. The van der Waals surface area contributed by atoms with Crippen LogP contribution < -0.4 is 0 Å². The van der Waals surface area contributed by atoms with Gasteiger partial charge in [0.25, 0.3) is 10.1 Å². The molecule has 62 valence electrons. The molecule has 5 heteroatoms. The minimum absolute atomic E-state index is 0.209. The number of rotatable bonds is 4. The summed E-state index contributed by atoms with van der Waals surface area (Å²) in [6.45, 7) is 3.38. The summed E-state index contributed by atoms with van der Waals surface area (Å²) in [5, 5.41) is 0.0884. The molecule has 0 aliphatic heterocycles. The van der Waals surface area contributed by atoms with Crippen LogP contribution in [0.1, 0.15) is 13.8 Å². The molecule has 3 nitrogen and oxygen atoms in total. The Hall–Kier alpha value is 0.390. The van der Waals surface area contributed by atoms with Gasteiger partial charge in [-0.3, -0.25) is 4.18 Å². The van der Waals surface area contributed by atoms with Gasteiger partial charge in [0.05, 0.1) is 11.9 Å². The minimum Gasteiger partial charge on any atom is -0.269 e. The van der Waals surface area contributed by atoms with Crippen molar-refractivity contribution in [3.05, 3.63) is 0 Å². The van der Waals surface area contributed by atoms with Crippen molar-refractivity contribution in [3.63, 3.8) is 0 Å². The Balaban J connectivity index is 3.90. The molecule has 0 unspecified atom stereocenters. The average Bonchev–Trinajstić information content (AvgIpc) is 1.84. The van der Waals surface area contributed by atoms with Gasteiger partial charge in [-0.2, -0.15) is 8.42 Å². The molecule has 0 fully saturated rings. The lowest BCUT2D eigenvalue weighted by atomic mass is 10.6. The fraction of sp³-hybridized carbons (Fsp3) is 1.00. The summed E-state index contributed by atoms with van der Waals surface area (Å²) in [4.78, 5) is 0. The maximum Gasteiger partial charge on any atom is 0.269 e. The molecule has 0 rings (SSSR count). The fourth-order valence-corrected chi connectivity index (χ4v) is 1.25. The monoisotopic (exact) mass is 230 g/mol. The van der Waals surface area contributed by atoms with Crippen LogP contribution in [-0.2, 0) is 14.3 Å². The van der Waals surface area contributed by atoms with Gasteiger partial charge < -0.3 is 0 Å². The first kappa shape index (κ1) is 10.4. The molecule has 0 atom stereocenters. The maximum absolute atomic E-state index is 10.8. The highest BCUT2D eigenvalue weighted by Gasteiger charge is 2.15. The van der Waals surface area contributed by atoms with Crippen LogP contribution in [0.25, 0.3) is 0 Å². The number of hydrogen-bond donors (Lipinski definition) is 0. The zero-order valence-electron chi connectivity index (χ0n) is 6.00. The molecule has 0 heterocycles. The van der Waals surface area contributed by atoms with E-state index in [2.05, 4.69) is 20.1 Å². The van der Waals surface area contributed by atoms with Crippen LogP contribution in [0.3, 0.4) is 0 Å². The van der Waals surface area contributed by atoms with Crippen molar-refractivity contribution in [3.8, 4) is 0 Å². The quantitative estimate of drug-likeness (QED) is 0.538. The van der Waals surface area contributed by atoms with E-state index < -0.39 is 15.4 Å². The molecule has 0 bridgehead atoms. The fourth-order valence-electron chi connectivity index (χ4n) is 0.284. The summed E-state index contributed by atoms with van der Waals surface area (Å²) in [5.41, 5.74) is 0. The molecule has 0 aliphatic carbocycles. The smallest absolute Gasteiger partial charge is 0.269 e. The SMILES string of the molecule is CC(C)S(=O)(=O)OCCBr. The zero-order valence-corrected chi connectivity index (χ0v) is 8.41. The zero-order chi connectivity index (χ0) is 8.20. The average molecular weight is 231 g/mol. The van der Waals surface area contributed by atoms with E-state index in [4.69, 9.17) is 0 Å². The number of halogens is 1. The Morgan fingerprint density at radius 2 is 2.00 bits per heavy atom. The van der Waals surface area contributed by atoms with E-state index in [9.17, 15) is 8.42 Å². The lowest BCUT2D eigenvalue weighted by molar-refractivity contribution is 0.337. The van der Waals surface area contributed by atoms with Gasteiger partial charge >= 0.3 is 0 Å². The molecule has 10 heavy (non-hydrogen) atoms. The van der Waals surface area contributed by atoms with E-state index in [-0.39, 0.29) is 6.61 Å². The third kappa shape index (κ3) is 3.53. The Morgan fingerprint density at radius 3 is 2.30 bits per heavy atom. The van der Waals surface area contributed by atoms with Crippen LogP contribution in [0.2, 0.25) is 0 Å². The van der Waals surface area contributed by atoms with Gasteiger partial charge in [0.1, 0.15) is 0 Å². The summed E-state index contributed by atoms with van der Waals surface area (Å²) in [5.74, 6) is 0. The standard InChI is InChI=1S/C5H11BrO3S/c1-5(2)10(7,8)9-4-3-6/h5H,3-4H2,1-2H3. The molecule has 0 aromatic heterocycles. The van der Waals surface area contributed by atoms with Gasteiger partial charge in [0.15, 0.2) is 0 Å². The number of alkyl halides is 1. The second-order valence-electron chi connectivity index (χ2n) is 2.05. The van der Waals surface area contributed by atoms with Crippen molar-refractivity contribution in [1.82, 2.24) is 0 Å². The van der Waals surface area contributed by atoms with Crippen molar-refractivity contribution in [2.45, 2.75) is 19.1 Å².